The Labute approximate surface area is 96.3 Å². The highest BCUT2D eigenvalue weighted by molar-refractivity contribution is 5.93. The first-order valence-corrected chi connectivity index (χ1v) is 5.47. The lowest BCUT2D eigenvalue weighted by atomic mass is 10.1. The quantitative estimate of drug-likeness (QED) is 0.815. The monoisotopic (exact) mass is 224 g/mol. The molecule has 1 amide bonds. The lowest BCUT2D eigenvalue weighted by Crippen LogP contribution is -2.46. The number of aromatic nitrogens is 1. The Balaban J connectivity index is 2.85. The van der Waals surface area contributed by atoms with Crippen molar-refractivity contribution in [1.29, 1.82) is 0 Å². The highest BCUT2D eigenvalue weighted by Gasteiger charge is 2.22. The van der Waals surface area contributed by atoms with Gasteiger partial charge in [-0.2, -0.15) is 0 Å². The molecule has 0 bridgehead atoms. The number of nitrogens with one attached hydrogen (secondary N) is 1. The van der Waals surface area contributed by atoms with E-state index in [1.807, 2.05) is 30.7 Å². The van der Waals surface area contributed by atoms with Gasteiger partial charge in [-0.15, -0.1) is 0 Å². The Morgan fingerprint density at radius 2 is 2.19 bits per heavy atom. The second-order valence-electron chi connectivity index (χ2n) is 4.89. The Morgan fingerprint density at radius 3 is 2.69 bits per heavy atom. The fourth-order valence-corrected chi connectivity index (χ4v) is 1.45. The molecule has 1 aromatic heterocycles. The fourth-order valence-electron chi connectivity index (χ4n) is 1.45. The van der Waals surface area contributed by atoms with Crippen molar-refractivity contribution in [3.05, 3.63) is 24.0 Å². The standard InChI is InChI=1S/C12H20N2O2/c1-9(2)14-7-5-6-10(14)11(16)13-12(3,4)8-15/h5-7,9,15H,8H2,1-4H3,(H,13,16). The van der Waals surface area contributed by atoms with Crippen molar-refractivity contribution >= 4 is 5.91 Å². The van der Waals surface area contributed by atoms with Crippen LogP contribution in [0.15, 0.2) is 18.3 Å². The average molecular weight is 224 g/mol. The van der Waals surface area contributed by atoms with Gasteiger partial charge >= 0.3 is 0 Å². The second-order valence-corrected chi connectivity index (χ2v) is 4.89. The van der Waals surface area contributed by atoms with Crippen molar-refractivity contribution in [3.63, 3.8) is 0 Å². The van der Waals surface area contributed by atoms with Crippen LogP contribution in [0, 0.1) is 0 Å². The molecule has 1 rings (SSSR count). The molecule has 0 radical (unpaired) electrons. The summed E-state index contributed by atoms with van der Waals surface area (Å²) in [5.41, 5.74) is 0.0277. The summed E-state index contributed by atoms with van der Waals surface area (Å²) < 4.78 is 1.91. The van der Waals surface area contributed by atoms with Crippen LogP contribution in [0.25, 0.3) is 0 Å². The van der Waals surface area contributed by atoms with Gasteiger partial charge in [0.25, 0.3) is 5.91 Å². The molecule has 90 valence electrons. The van der Waals surface area contributed by atoms with Crippen LogP contribution in [0.1, 0.15) is 44.2 Å². The molecule has 0 saturated heterocycles. The van der Waals surface area contributed by atoms with Crippen LogP contribution >= 0.6 is 0 Å². The maximum atomic E-state index is 12.0. The van der Waals surface area contributed by atoms with E-state index >= 15 is 0 Å². The van der Waals surface area contributed by atoms with E-state index < -0.39 is 5.54 Å². The molecule has 0 aliphatic rings. The minimum atomic E-state index is -0.594. The van der Waals surface area contributed by atoms with Gasteiger partial charge in [-0.1, -0.05) is 0 Å². The second kappa shape index (κ2) is 4.70. The maximum absolute atomic E-state index is 12.0. The Morgan fingerprint density at radius 1 is 1.56 bits per heavy atom. The predicted octanol–water partition coefficient (Wildman–Crippen LogP) is 1.57. The van der Waals surface area contributed by atoms with Gasteiger partial charge in [0.2, 0.25) is 0 Å². The van der Waals surface area contributed by atoms with Crippen molar-refractivity contribution < 1.29 is 9.90 Å². The molecule has 0 spiro atoms. The van der Waals surface area contributed by atoms with Crippen LogP contribution < -0.4 is 5.32 Å². The number of hydrogen-bond acceptors (Lipinski definition) is 2. The number of rotatable bonds is 4. The first kappa shape index (κ1) is 12.8. The smallest absolute Gasteiger partial charge is 0.268 e. The van der Waals surface area contributed by atoms with Crippen LogP contribution in [0.2, 0.25) is 0 Å². The first-order chi connectivity index (χ1) is 7.37. The maximum Gasteiger partial charge on any atom is 0.268 e. The lowest BCUT2D eigenvalue weighted by Gasteiger charge is -2.24. The van der Waals surface area contributed by atoms with E-state index in [1.54, 1.807) is 19.9 Å². The fraction of sp³-hybridized carbons (Fsp3) is 0.583. The molecular formula is C12H20N2O2. The summed E-state index contributed by atoms with van der Waals surface area (Å²) in [7, 11) is 0. The van der Waals surface area contributed by atoms with Crippen molar-refractivity contribution in [3.8, 4) is 0 Å². The summed E-state index contributed by atoms with van der Waals surface area (Å²) in [5, 5.41) is 11.9. The van der Waals surface area contributed by atoms with Gasteiger partial charge in [-0.3, -0.25) is 4.79 Å². The molecular weight excluding hydrogens is 204 g/mol. The molecule has 4 nitrogen and oxygen atoms in total. The van der Waals surface area contributed by atoms with Crippen LogP contribution in [-0.4, -0.2) is 27.7 Å². The Kier molecular flexibility index (Phi) is 3.75. The zero-order valence-electron chi connectivity index (χ0n) is 10.3. The van der Waals surface area contributed by atoms with Gasteiger partial charge in [0, 0.05) is 12.2 Å². The minimum Gasteiger partial charge on any atom is -0.394 e. The highest BCUT2D eigenvalue weighted by atomic mass is 16.3. The Hall–Kier alpha value is -1.29. The Bertz CT molecular complexity index is 367. The molecule has 0 aromatic carbocycles. The van der Waals surface area contributed by atoms with Gasteiger partial charge in [-0.05, 0) is 39.8 Å². The lowest BCUT2D eigenvalue weighted by molar-refractivity contribution is 0.0858. The predicted molar refractivity (Wildman–Crippen MR) is 63.4 cm³/mol. The molecule has 0 aliphatic carbocycles. The third kappa shape index (κ3) is 2.85. The van der Waals surface area contributed by atoms with Crippen LogP contribution in [0.3, 0.4) is 0 Å². The van der Waals surface area contributed by atoms with Crippen LogP contribution in [0.5, 0.6) is 0 Å². The summed E-state index contributed by atoms with van der Waals surface area (Å²) in [6.07, 6.45) is 1.88. The topological polar surface area (TPSA) is 54.3 Å². The number of amides is 1. The molecule has 2 N–H and O–H groups in total. The minimum absolute atomic E-state index is 0.0822. The number of aliphatic hydroxyl groups excluding tert-OH is 1. The third-order valence-corrected chi connectivity index (χ3v) is 2.42. The first-order valence-electron chi connectivity index (χ1n) is 5.47. The van der Waals surface area contributed by atoms with Gasteiger partial charge in [-0.25, -0.2) is 0 Å². The molecule has 1 heterocycles. The van der Waals surface area contributed by atoms with Gasteiger partial charge in [0.15, 0.2) is 0 Å². The number of aliphatic hydroxyl groups is 1. The van der Waals surface area contributed by atoms with E-state index in [0.717, 1.165) is 0 Å². The zero-order valence-corrected chi connectivity index (χ0v) is 10.3. The largest absolute Gasteiger partial charge is 0.394 e. The van der Waals surface area contributed by atoms with Crippen molar-refractivity contribution in [2.45, 2.75) is 39.3 Å². The zero-order chi connectivity index (χ0) is 12.3. The van der Waals surface area contributed by atoms with Crippen molar-refractivity contribution in [2.75, 3.05) is 6.61 Å². The van der Waals surface area contributed by atoms with E-state index in [-0.39, 0.29) is 18.6 Å². The van der Waals surface area contributed by atoms with E-state index in [9.17, 15) is 4.79 Å². The van der Waals surface area contributed by atoms with Crippen LogP contribution in [0.4, 0.5) is 0 Å². The number of nitrogens with zero attached hydrogens (tertiary/aromatic N) is 1. The number of hydrogen-bond donors (Lipinski definition) is 2. The van der Waals surface area contributed by atoms with Gasteiger partial charge in [0.05, 0.1) is 12.1 Å². The molecule has 0 unspecified atom stereocenters. The summed E-state index contributed by atoms with van der Waals surface area (Å²) >= 11 is 0. The highest BCUT2D eigenvalue weighted by Crippen LogP contribution is 2.12. The summed E-state index contributed by atoms with van der Waals surface area (Å²) in [6, 6.07) is 3.87. The molecule has 0 aliphatic heterocycles. The number of carbonyl (C=O) groups excluding carboxylic acids is 1. The van der Waals surface area contributed by atoms with E-state index in [1.165, 1.54) is 0 Å². The van der Waals surface area contributed by atoms with E-state index in [2.05, 4.69) is 5.32 Å². The molecule has 0 fully saturated rings. The molecule has 4 heteroatoms. The van der Waals surface area contributed by atoms with Gasteiger partial charge in [0.1, 0.15) is 5.69 Å². The summed E-state index contributed by atoms with van der Waals surface area (Å²) in [5.74, 6) is -0.155. The van der Waals surface area contributed by atoms with E-state index in [4.69, 9.17) is 5.11 Å². The van der Waals surface area contributed by atoms with Gasteiger partial charge < -0.3 is 15.0 Å². The number of carbonyl (C=O) groups is 1. The summed E-state index contributed by atoms with van der Waals surface area (Å²) in [6.45, 7) is 7.53. The van der Waals surface area contributed by atoms with Crippen molar-refractivity contribution in [1.82, 2.24) is 9.88 Å². The third-order valence-electron chi connectivity index (χ3n) is 2.42. The molecule has 0 saturated carbocycles. The summed E-state index contributed by atoms with van der Waals surface area (Å²) in [4.78, 5) is 12.0. The van der Waals surface area contributed by atoms with E-state index in [0.29, 0.717) is 5.69 Å². The molecule has 16 heavy (non-hydrogen) atoms. The average Bonchev–Trinajstić information content (AvgIpc) is 2.65. The SMILES string of the molecule is CC(C)n1cccc1C(=O)NC(C)(C)CO. The van der Waals surface area contributed by atoms with Crippen molar-refractivity contribution in [2.24, 2.45) is 0 Å². The normalized spacial score (nSPS) is 11.9. The molecule has 0 atom stereocenters. The van der Waals surface area contributed by atoms with Crippen LogP contribution in [-0.2, 0) is 0 Å². The molecule has 1 aromatic rings.